The molecule has 0 radical (unpaired) electrons. The van der Waals surface area contributed by atoms with Gasteiger partial charge in [0.15, 0.2) is 16.3 Å². The van der Waals surface area contributed by atoms with Crippen molar-refractivity contribution < 1.29 is 23.7 Å². The second-order valence-electron chi connectivity index (χ2n) is 8.30. The highest BCUT2D eigenvalue weighted by Gasteiger charge is 2.35. The number of nitrogens with zero attached hydrogens (tertiary/aromatic N) is 2. The number of ether oxygens (including phenoxy) is 4. The summed E-state index contributed by atoms with van der Waals surface area (Å²) in [4.78, 5) is 32.4. The first-order valence-electron chi connectivity index (χ1n) is 11.8. The Kier molecular flexibility index (Phi) is 6.65. The molecule has 186 valence electrons. The van der Waals surface area contributed by atoms with E-state index in [1.54, 1.807) is 24.7 Å². The quantitative estimate of drug-likeness (QED) is 0.457. The summed E-state index contributed by atoms with van der Waals surface area (Å²) in [6, 6.07) is 12.2. The molecule has 2 aliphatic heterocycles. The molecule has 0 fully saturated rings. The Bertz CT molecular complexity index is 1520. The van der Waals surface area contributed by atoms with Gasteiger partial charge < -0.3 is 18.9 Å². The number of hydrogen-bond donors (Lipinski definition) is 0. The van der Waals surface area contributed by atoms with Gasteiger partial charge in [0.1, 0.15) is 5.75 Å². The molecule has 8 nitrogen and oxygen atoms in total. The lowest BCUT2D eigenvalue weighted by atomic mass is 9.94. The maximum Gasteiger partial charge on any atom is 0.338 e. The smallest absolute Gasteiger partial charge is 0.338 e. The van der Waals surface area contributed by atoms with E-state index >= 15 is 0 Å². The summed E-state index contributed by atoms with van der Waals surface area (Å²) in [5, 5.41) is 0. The van der Waals surface area contributed by atoms with Crippen molar-refractivity contribution in [1.82, 2.24) is 4.57 Å². The molecular formula is C27H26N2O6S. The average Bonchev–Trinajstić information content (AvgIpc) is 3.48. The van der Waals surface area contributed by atoms with Crippen LogP contribution in [0.25, 0.3) is 6.08 Å². The number of methoxy groups -OCH3 is 1. The van der Waals surface area contributed by atoms with Gasteiger partial charge in [-0.05, 0) is 54.8 Å². The summed E-state index contributed by atoms with van der Waals surface area (Å²) in [7, 11) is 1.61. The van der Waals surface area contributed by atoms with E-state index in [9.17, 15) is 9.59 Å². The van der Waals surface area contributed by atoms with E-state index in [0.717, 1.165) is 23.3 Å². The lowest BCUT2D eigenvalue weighted by Gasteiger charge is -2.25. The predicted molar refractivity (Wildman–Crippen MR) is 135 cm³/mol. The zero-order valence-corrected chi connectivity index (χ0v) is 21.1. The van der Waals surface area contributed by atoms with E-state index < -0.39 is 12.0 Å². The molecule has 0 spiro atoms. The molecule has 36 heavy (non-hydrogen) atoms. The van der Waals surface area contributed by atoms with Crippen LogP contribution in [0.3, 0.4) is 0 Å². The minimum absolute atomic E-state index is 0.130. The van der Waals surface area contributed by atoms with Crippen LogP contribution in [0.15, 0.2) is 63.5 Å². The molecule has 0 bridgehead atoms. The van der Waals surface area contributed by atoms with Crippen molar-refractivity contribution in [2.45, 2.75) is 32.7 Å². The average molecular weight is 507 g/mol. The molecule has 3 aromatic rings. The fourth-order valence-corrected chi connectivity index (χ4v) is 5.39. The number of aromatic nitrogens is 1. The number of hydrogen-bond acceptors (Lipinski definition) is 8. The van der Waals surface area contributed by atoms with Gasteiger partial charge in [-0.3, -0.25) is 9.36 Å². The number of thiazole rings is 1. The maximum atomic E-state index is 13.8. The molecule has 1 aromatic heterocycles. The number of esters is 1. The van der Waals surface area contributed by atoms with Crippen molar-refractivity contribution in [2.24, 2.45) is 4.99 Å². The molecule has 0 saturated carbocycles. The topological polar surface area (TPSA) is 88.4 Å². The van der Waals surface area contributed by atoms with E-state index in [0.29, 0.717) is 38.5 Å². The van der Waals surface area contributed by atoms with E-state index in [1.165, 1.54) is 11.3 Å². The normalized spacial score (nSPS) is 16.5. The number of allylic oxidation sites excluding steroid dienone is 1. The van der Waals surface area contributed by atoms with Gasteiger partial charge in [-0.15, -0.1) is 0 Å². The van der Waals surface area contributed by atoms with Crippen LogP contribution < -0.4 is 29.1 Å². The highest BCUT2D eigenvalue weighted by Crippen LogP contribution is 2.38. The van der Waals surface area contributed by atoms with Gasteiger partial charge in [-0.2, -0.15) is 0 Å². The second-order valence-corrected chi connectivity index (χ2v) is 9.31. The zero-order valence-electron chi connectivity index (χ0n) is 20.3. The summed E-state index contributed by atoms with van der Waals surface area (Å²) in [5.41, 5.74) is 2.37. The lowest BCUT2D eigenvalue weighted by Crippen LogP contribution is -2.40. The number of benzene rings is 2. The summed E-state index contributed by atoms with van der Waals surface area (Å²) < 4.78 is 23.8. The van der Waals surface area contributed by atoms with Crippen LogP contribution in [0.2, 0.25) is 0 Å². The standard InChI is InChI=1S/C27H26N2O6S/c1-4-6-19-23(26(31)33-5-2)24(17-9-12-20-21(14-17)35-15-34-20)29-25(30)22(36-27(29)28-19)13-16-7-10-18(32-3)11-8-16/h7-14,24H,4-6,15H2,1-3H3/b22-13-. The third-order valence-electron chi connectivity index (χ3n) is 6.02. The van der Waals surface area contributed by atoms with Crippen molar-refractivity contribution in [1.29, 1.82) is 0 Å². The van der Waals surface area contributed by atoms with Crippen LogP contribution in [0.5, 0.6) is 17.2 Å². The molecule has 0 saturated heterocycles. The monoisotopic (exact) mass is 506 g/mol. The Morgan fingerprint density at radius 3 is 2.67 bits per heavy atom. The Balaban J connectivity index is 1.73. The highest BCUT2D eigenvalue weighted by molar-refractivity contribution is 7.07. The maximum absolute atomic E-state index is 13.8. The highest BCUT2D eigenvalue weighted by atomic mass is 32.1. The second kappa shape index (κ2) is 10.0. The predicted octanol–water partition coefficient (Wildman–Crippen LogP) is 3.32. The molecule has 2 aromatic carbocycles. The first kappa shape index (κ1) is 23.9. The molecule has 3 heterocycles. The molecular weight excluding hydrogens is 480 g/mol. The van der Waals surface area contributed by atoms with Crippen LogP contribution in [0, 0.1) is 0 Å². The van der Waals surface area contributed by atoms with Crippen LogP contribution in [-0.4, -0.2) is 31.0 Å². The Morgan fingerprint density at radius 2 is 1.94 bits per heavy atom. The summed E-state index contributed by atoms with van der Waals surface area (Å²) >= 11 is 1.30. The van der Waals surface area contributed by atoms with Gasteiger partial charge in [-0.1, -0.05) is 42.9 Å². The van der Waals surface area contributed by atoms with Crippen LogP contribution >= 0.6 is 11.3 Å². The lowest BCUT2D eigenvalue weighted by molar-refractivity contribution is -0.139. The first-order chi connectivity index (χ1) is 17.5. The van der Waals surface area contributed by atoms with Crippen LogP contribution in [-0.2, 0) is 9.53 Å². The molecule has 5 rings (SSSR count). The fraction of sp³-hybridized carbons (Fsp3) is 0.296. The zero-order chi connectivity index (χ0) is 25.2. The van der Waals surface area contributed by atoms with Gasteiger partial charge in [0, 0.05) is 0 Å². The van der Waals surface area contributed by atoms with Crippen molar-refractivity contribution in [3.05, 3.63) is 84.5 Å². The molecule has 0 N–H and O–H groups in total. The van der Waals surface area contributed by atoms with Gasteiger partial charge >= 0.3 is 5.97 Å². The van der Waals surface area contributed by atoms with Gasteiger partial charge in [-0.25, -0.2) is 9.79 Å². The fourth-order valence-electron chi connectivity index (χ4n) is 4.37. The molecule has 2 aliphatic rings. The van der Waals surface area contributed by atoms with Gasteiger partial charge in [0.05, 0.1) is 35.6 Å². The van der Waals surface area contributed by atoms with Crippen molar-refractivity contribution in [3.8, 4) is 17.2 Å². The molecule has 0 aliphatic carbocycles. The molecule has 0 amide bonds. The molecule has 1 atom stereocenters. The Labute approximate surface area is 211 Å². The third-order valence-corrected chi connectivity index (χ3v) is 7.00. The van der Waals surface area contributed by atoms with E-state index in [4.69, 9.17) is 23.9 Å². The number of carbonyl (C=O) groups is 1. The number of rotatable bonds is 7. The summed E-state index contributed by atoms with van der Waals surface area (Å²) in [5.74, 6) is 1.46. The first-order valence-corrected chi connectivity index (χ1v) is 12.6. The SMILES string of the molecule is CCCC1=C(C(=O)OCC)C(c2ccc3c(c2)OCO3)n2c(s/c(=C\c3ccc(OC)cc3)c2=O)=N1. The van der Waals surface area contributed by atoms with Crippen molar-refractivity contribution in [2.75, 3.05) is 20.5 Å². The van der Waals surface area contributed by atoms with E-state index in [2.05, 4.69) is 0 Å². The van der Waals surface area contributed by atoms with E-state index in [-0.39, 0.29) is 19.0 Å². The van der Waals surface area contributed by atoms with Crippen molar-refractivity contribution >= 4 is 23.4 Å². The number of carbonyl (C=O) groups excluding carboxylic acids is 1. The summed E-state index contributed by atoms with van der Waals surface area (Å²) in [6.07, 6.45) is 3.20. The minimum atomic E-state index is -0.700. The van der Waals surface area contributed by atoms with Gasteiger partial charge in [0.25, 0.3) is 5.56 Å². The molecule has 1 unspecified atom stereocenters. The molecule has 9 heteroatoms. The van der Waals surface area contributed by atoms with Crippen LogP contribution in [0.1, 0.15) is 43.9 Å². The van der Waals surface area contributed by atoms with Gasteiger partial charge in [0.2, 0.25) is 6.79 Å². The van der Waals surface area contributed by atoms with E-state index in [1.807, 2.05) is 49.4 Å². The Hall–Kier alpha value is -3.85. The van der Waals surface area contributed by atoms with Crippen molar-refractivity contribution in [3.63, 3.8) is 0 Å². The largest absolute Gasteiger partial charge is 0.497 e. The third kappa shape index (κ3) is 4.30. The summed E-state index contributed by atoms with van der Waals surface area (Å²) in [6.45, 7) is 4.14. The minimum Gasteiger partial charge on any atom is -0.497 e. The Morgan fingerprint density at radius 1 is 1.17 bits per heavy atom. The number of fused-ring (bicyclic) bond motifs is 2. The van der Waals surface area contributed by atoms with Crippen LogP contribution in [0.4, 0.5) is 0 Å².